The van der Waals surface area contributed by atoms with E-state index in [1.54, 1.807) is 6.07 Å². The number of rotatable bonds is 2. The number of hydrogen-bond donors (Lipinski definition) is 0. The average Bonchev–Trinajstić information content (AvgIpc) is 2.61. The van der Waals surface area contributed by atoms with E-state index in [1.807, 2.05) is 54.3 Å². The highest BCUT2D eigenvalue weighted by Crippen LogP contribution is 2.19. The topological polar surface area (TPSA) is 47.3 Å². The fourth-order valence-electron chi connectivity index (χ4n) is 2.90. The van der Waals surface area contributed by atoms with Gasteiger partial charge >= 0.3 is 0 Å². The molecule has 0 saturated carbocycles. The fourth-order valence-corrected chi connectivity index (χ4v) is 2.90. The van der Waals surface area contributed by atoms with Crippen molar-refractivity contribution in [2.24, 2.45) is 0 Å². The molecule has 2 aromatic rings. The summed E-state index contributed by atoms with van der Waals surface area (Å²) < 4.78 is 0. The smallest absolute Gasteiger partial charge is 0.253 e. The molecular formula is C19H19N3O. The third kappa shape index (κ3) is 3.35. The van der Waals surface area contributed by atoms with E-state index in [4.69, 9.17) is 5.26 Å². The van der Waals surface area contributed by atoms with Crippen molar-refractivity contribution in [2.75, 3.05) is 31.1 Å². The van der Waals surface area contributed by atoms with Crippen molar-refractivity contribution in [2.45, 2.75) is 6.92 Å². The summed E-state index contributed by atoms with van der Waals surface area (Å²) in [5.74, 6) is 0.0964. The maximum absolute atomic E-state index is 12.6. The number of carbonyl (C=O) groups is 1. The Balaban J connectivity index is 1.66. The highest BCUT2D eigenvalue weighted by molar-refractivity contribution is 5.94. The summed E-state index contributed by atoms with van der Waals surface area (Å²) >= 11 is 0. The predicted octanol–water partition coefficient (Wildman–Crippen LogP) is 2.83. The minimum Gasteiger partial charge on any atom is -0.368 e. The molecule has 0 bridgehead atoms. The molecule has 4 nitrogen and oxygen atoms in total. The number of aryl methyl sites for hydroxylation is 1. The third-order valence-electron chi connectivity index (χ3n) is 4.17. The Morgan fingerprint density at radius 1 is 1.04 bits per heavy atom. The van der Waals surface area contributed by atoms with Crippen LogP contribution in [0.2, 0.25) is 0 Å². The van der Waals surface area contributed by atoms with Gasteiger partial charge in [0, 0.05) is 37.4 Å². The predicted molar refractivity (Wildman–Crippen MR) is 90.5 cm³/mol. The molecule has 4 heteroatoms. The molecule has 23 heavy (non-hydrogen) atoms. The molecule has 0 radical (unpaired) electrons. The van der Waals surface area contributed by atoms with E-state index in [9.17, 15) is 4.79 Å². The number of benzene rings is 2. The summed E-state index contributed by atoms with van der Waals surface area (Å²) in [5, 5.41) is 9.00. The van der Waals surface area contributed by atoms with Crippen LogP contribution in [0.4, 0.5) is 5.69 Å². The molecular weight excluding hydrogens is 286 g/mol. The summed E-state index contributed by atoms with van der Waals surface area (Å²) in [6.45, 7) is 4.96. The summed E-state index contributed by atoms with van der Waals surface area (Å²) in [6, 6.07) is 17.5. The van der Waals surface area contributed by atoms with Crippen LogP contribution in [-0.4, -0.2) is 37.0 Å². The molecule has 0 atom stereocenters. The van der Waals surface area contributed by atoms with Crippen LogP contribution in [0, 0.1) is 18.3 Å². The lowest BCUT2D eigenvalue weighted by Crippen LogP contribution is -2.48. The van der Waals surface area contributed by atoms with E-state index in [0.29, 0.717) is 18.7 Å². The van der Waals surface area contributed by atoms with Crippen molar-refractivity contribution in [1.82, 2.24) is 4.90 Å². The minimum atomic E-state index is 0.0964. The maximum Gasteiger partial charge on any atom is 0.253 e. The molecule has 0 unspecified atom stereocenters. The summed E-state index contributed by atoms with van der Waals surface area (Å²) in [7, 11) is 0. The lowest BCUT2D eigenvalue weighted by molar-refractivity contribution is 0.0746. The fraction of sp³-hybridized carbons (Fsp3) is 0.263. The molecule has 1 fully saturated rings. The first kappa shape index (κ1) is 15.1. The molecule has 1 aliphatic heterocycles. The number of carbonyl (C=O) groups excluding carboxylic acids is 1. The van der Waals surface area contributed by atoms with E-state index in [-0.39, 0.29) is 5.91 Å². The van der Waals surface area contributed by atoms with Gasteiger partial charge in [0.15, 0.2) is 0 Å². The van der Waals surface area contributed by atoms with Gasteiger partial charge in [-0.25, -0.2) is 0 Å². The van der Waals surface area contributed by atoms with Crippen molar-refractivity contribution in [3.63, 3.8) is 0 Å². The Kier molecular flexibility index (Phi) is 4.29. The zero-order valence-corrected chi connectivity index (χ0v) is 13.2. The molecule has 1 aliphatic rings. The first-order valence-electron chi connectivity index (χ1n) is 7.78. The van der Waals surface area contributed by atoms with Crippen molar-refractivity contribution >= 4 is 11.6 Å². The third-order valence-corrected chi connectivity index (χ3v) is 4.17. The lowest BCUT2D eigenvalue weighted by atomic mass is 10.1. The van der Waals surface area contributed by atoms with E-state index in [2.05, 4.69) is 11.0 Å². The van der Waals surface area contributed by atoms with Gasteiger partial charge in [-0.15, -0.1) is 0 Å². The van der Waals surface area contributed by atoms with Gasteiger partial charge in [-0.1, -0.05) is 23.8 Å². The van der Waals surface area contributed by atoms with Crippen LogP contribution in [0.3, 0.4) is 0 Å². The molecule has 0 spiro atoms. The van der Waals surface area contributed by atoms with Gasteiger partial charge in [-0.2, -0.15) is 5.26 Å². The Bertz CT molecular complexity index is 755. The average molecular weight is 305 g/mol. The zero-order chi connectivity index (χ0) is 16.2. The number of piperazine rings is 1. The van der Waals surface area contributed by atoms with Crippen molar-refractivity contribution in [3.8, 4) is 6.07 Å². The van der Waals surface area contributed by atoms with E-state index < -0.39 is 0 Å². The quantitative estimate of drug-likeness (QED) is 0.857. The molecule has 2 aromatic carbocycles. The first-order valence-corrected chi connectivity index (χ1v) is 7.78. The first-order chi connectivity index (χ1) is 11.2. The molecule has 1 heterocycles. The number of amides is 1. The number of nitriles is 1. The second-order valence-electron chi connectivity index (χ2n) is 5.81. The number of anilines is 1. The molecule has 0 N–H and O–H groups in total. The second-order valence-corrected chi connectivity index (χ2v) is 5.81. The van der Waals surface area contributed by atoms with Crippen LogP contribution < -0.4 is 4.90 Å². The SMILES string of the molecule is Cc1cccc(C(=O)N2CCN(c3cccc(C#N)c3)CC2)c1. The lowest BCUT2D eigenvalue weighted by Gasteiger charge is -2.36. The number of hydrogen-bond acceptors (Lipinski definition) is 3. The molecule has 1 saturated heterocycles. The van der Waals surface area contributed by atoms with E-state index in [1.165, 1.54) is 0 Å². The highest BCUT2D eigenvalue weighted by atomic mass is 16.2. The normalized spacial score (nSPS) is 14.4. The Morgan fingerprint density at radius 2 is 1.78 bits per heavy atom. The van der Waals surface area contributed by atoms with Crippen molar-refractivity contribution in [3.05, 3.63) is 65.2 Å². The monoisotopic (exact) mass is 305 g/mol. The van der Waals surface area contributed by atoms with Crippen molar-refractivity contribution in [1.29, 1.82) is 5.26 Å². The maximum atomic E-state index is 12.6. The number of nitrogens with zero attached hydrogens (tertiary/aromatic N) is 3. The van der Waals surface area contributed by atoms with Crippen LogP contribution in [0.5, 0.6) is 0 Å². The van der Waals surface area contributed by atoms with Crippen LogP contribution in [0.1, 0.15) is 21.5 Å². The van der Waals surface area contributed by atoms with Gasteiger partial charge in [0.05, 0.1) is 11.6 Å². The minimum absolute atomic E-state index is 0.0964. The Morgan fingerprint density at radius 3 is 2.48 bits per heavy atom. The summed E-state index contributed by atoms with van der Waals surface area (Å²) in [4.78, 5) is 16.7. The molecule has 3 rings (SSSR count). The van der Waals surface area contributed by atoms with E-state index in [0.717, 1.165) is 29.9 Å². The van der Waals surface area contributed by atoms with Crippen molar-refractivity contribution < 1.29 is 4.79 Å². The van der Waals surface area contributed by atoms with Crippen LogP contribution in [0.15, 0.2) is 48.5 Å². The Labute approximate surface area is 136 Å². The van der Waals surface area contributed by atoms with Crippen LogP contribution in [0.25, 0.3) is 0 Å². The summed E-state index contributed by atoms with van der Waals surface area (Å²) in [5.41, 5.74) is 3.57. The van der Waals surface area contributed by atoms with Crippen LogP contribution in [-0.2, 0) is 0 Å². The largest absolute Gasteiger partial charge is 0.368 e. The highest BCUT2D eigenvalue weighted by Gasteiger charge is 2.22. The second kappa shape index (κ2) is 6.53. The van der Waals surface area contributed by atoms with Gasteiger partial charge in [0.25, 0.3) is 5.91 Å². The standard InChI is InChI=1S/C19H19N3O/c1-15-4-2-6-17(12-15)19(23)22-10-8-21(9-11-22)18-7-3-5-16(13-18)14-20/h2-7,12-13H,8-11H2,1H3. The molecule has 0 aliphatic carbocycles. The van der Waals surface area contributed by atoms with Gasteiger partial charge in [-0.3, -0.25) is 4.79 Å². The van der Waals surface area contributed by atoms with Gasteiger partial charge < -0.3 is 9.80 Å². The van der Waals surface area contributed by atoms with E-state index >= 15 is 0 Å². The van der Waals surface area contributed by atoms with Gasteiger partial charge in [0.2, 0.25) is 0 Å². The molecule has 116 valence electrons. The van der Waals surface area contributed by atoms with Crippen LogP contribution >= 0.6 is 0 Å². The zero-order valence-electron chi connectivity index (χ0n) is 13.2. The van der Waals surface area contributed by atoms with Gasteiger partial charge in [0.1, 0.15) is 0 Å². The Hall–Kier alpha value is -2.80. The molecule has 0 aromatic heterocycles. The molecule has 1 amide bonds. The van der Waals surface area contributed by atoms with Gasteiger partial charge in [-0.05, 0) is 37.3 Å². The summed E-state index contributed by atoms with van der Waals surface area (Å²) in [6.07, 6.45) is 0.